The molecule has 0 unspecified atom stereocenters. The van der Waals surface area contributed by atoms with E-state index in [2.05, 4.69) is 0 Å². The topological polar surface area (TPSA) is 98.2 Å². The summed E-state index contributed by atoms with van der Waals surface area (Å²) in [5, 5.41) is 0. The number of hydrogen-bond acceptors (Lipinski definition) is 7. The molecule has 6 rings (SSSR count). The molecule has 0 spiro atoms. The molecule has 0 aromatic heterocycles. The van der Waals surface area contributed by atoms with Crippen LogP contribution in [0.2, 0.25) is 0 Å². The van der Waals surface area contributed by atoms with Crippen molar-refractivity contribution in [1.82, 2.24) is 0 Å². The zero-order valence-electron chi connectivity index (χ0n) is 23.1. The van der Waals surface area contributed by atoms with Crippen molar-refractivity contribution in [1.29, 1.82) is 0 Å². The summed E-state index contributed by atoms with van der Waals surface area (Å²) in [6, 6.07) is 44.1. The second-order valence-corrected chi connectivity index (χ2v) is 9.48. The van der Waals surface area contributed by atoms with Crippen LogP contribution in [-0.2, 0) is 0 Å². The van der Waals surface area contributed by atoms with Crippen molar-refractivity contribution in [2.45, 2.75) is 0 Å². The first-order valence-corrected chi connectivity index (χ1v) is 13.6. The van der Waals surface area contributed by atoms with E-state index in [1.54, 1.807) is 24.3 Å². The van der Waals surface area contributed by atoms with Gasteiger partial charge in [0.1, 0.15) is 34.5 Å². The molecule has 43 heavy (non-hydrogen) atoms. The largest absolute Gasteiger partial charge is 0.457 e. The van der Waals surface area contributed by atoms with Crippen molar-refractivity contribution >= 4 is 11.4 Å². The number of nitrogens with two attached hydrogens (primary N) is 2. The minimum atomic E-state index is 0.535. The van der Waals surface area contributed by atoms with Gasteiger partial charge in [0.15, 0.2) is 23.0 Å². The summed E-state index contributed by atoms with van der Waals surface area (Å²) in [4.78, 5) is 0. The SMILES string of the molecule is Nc1ccc(Oc2ccc(Oc3ccccc3Oc3ccccc3Oc3ccc(Oc4ccc(N)cc4)cc3)cc2)cc1. The highest BCUT2D eigenvalue weighted by molar-refractivity contribution is 5.51. The molecule has 4 N–H and O–H groups in total. The maximum Gasteiger partial charge on any atom is 0.170 e. The van der Waals surface area contributed by atoms with Crippen LogP contribution in [0.15, 0.2) is 146 Å². The molecule has 0 amide bonds. The van der Waals surface area contributed by atoms with Gasteiger partial charge in [0, 0.05) is 11.4 Å². The molecule has 0 saturated heterocycles. The first-order valence-electron chi connectivity index (χ1n) is 13.6. The zero-order chi connectivity index (χ0) is 29.4. The third kappa shape index (κ3) is 7.17. The molecule has 0 radical (unpaired) electrons. The lowest BCUT2D eigenvalue weighted by Gasteiger charge is -2.15. The van der Waals surface area contributed by atoms with Gasteiger partial charge in [-0.05, 0) is 121 Å². The molecule has 0 bridgehead atoms. The third-order valence-corrected chi connectivity index (χ3v) is 6.25. The molecule has 7 heteroatoms. The molecule has 6 aromatic carbocycles. The number of hydrogen-bond donors (Lipinski definition) is 2. The average molecular weight is 569 g/mol. The number of para-hydroxylation sites is 4. The Hall–Kier alpha value is -6.08. The molecule has 0 fully saturated rings. The predicted octanol–water partition coefficient (Wildman–Crippen LogP) is 9.81. The van der Waals surface area contributed by atoms with Gasteiger partial charge < -0.3 is 35.2 Å². The van der Waals surface area contributed by atoms with Gasteiger partial charge in [-0.2, -0.15) is 0 Å². The molecular formula is C36H28N2O5. The number of anilines is 2. The van der Waals surface area contributed by atoms with Crippen molar-refractivity contribution < 1.29 is 23.7 Å². The van der Waals surface area contributed by atoms with Gasteiger partial charge in [-0.3, -0.25) is 0 Å². The Balaban J connectivity index is 1.12. The fraction of sp³-hybridized carbons (Fsp3) is 0. The van der Waals surface area contributed by atoms with E-state index in [1.165, 1.54) is 0 Å². The quantitative estimate of drug-likeness (QED) is 0.159. The molecule has 0 heterocycles. The van der Waals surface area contributed by atoms with Crippen LogP contribution in [-0.4, -0.2) is 0 Å². The monoisotopic (exact) mass is 568 g/mol. The second kappa shape index (κ2) is 12.6. The molecule has 0 atom stereocenters. The van der Waals surface area contributed by atoms with E-state index in [4.69, 9.17) is 35.2 Å². The lowest BCUT2D eigenvalue weighted by atomic mass is 10.2. The van der Waals surface area contributed by atoms with Crippen LogP contribution in [0.1, 0.15) is 0 Å². The summed E-state index contributed by atoms with van der Waals surface area (Å²) in [5.41, 5.74) is 12.9. The van der Waals surface area contributed by atoms with E-state index in [-0.39, 0.29) is 0 Å². The Morgan fingerprint density at radius 1 is 0.256 bits per heavy atom. The molecule has 6 aromatic rings. The van der Waals surface area contributed by atoms with Crippen molar-refractivity contribution in [3.05, 3.63) is 146 Å². The molecule has 0 saturated carbocycles. The number of ether oxygens (including phenoxy) is 5. The van der Waals surface area contributed by atoms with Crippen LogP contribution in [0.4, 0.5) is 11.4 Å². The Labute approximate surface area is 249 Å². The average Bonchev–Trinajstić information content (AvgIpc) is 3.03. The predicted molar refractivity (Wildman–Crippen MR) is 168 cm³/mol. The number of benzene rings is 6. The minimum absolute atomic E-state index is 0.535. The Morgan fingerprint density at radius 3 is 0.791 bits per heavy atom. The lowest BCUT2D eigenvalue weighted by Crippen LogP contribution is -1.93. The van der Waals surface area contributed by atoms with Crippen LogP contribution >= 0.6 is 0 Å². The van der Waals surface area contributed by atoms with E-state index < -0.39 is 0 Å². The molecule has 212 valence electrons. The van der Waals surface area contributed by atoms with Crippen LogP contribution in [0.3, 0.4) is 0 Å². The van der Waals surface area contributed by atoms with Crippen molar-refractivity contribution in [2.24, 2.45) is 0 Å². The molecule has 7 nitrogen and oxygen atoms in total. The van der Waals surface area contributed by atoms with Crippen molar-refractivity contribution in [3.63, 3.8) is 0 Å². The van der Waals surface area contributed by atoms with Crippen molar-refractivity contribution in [3.8, 4) is 57.5 Å². The highest BCUT2D eigenvalue weighted by atomic mass is 16.5. The lowest BCUT2D eigenvalue weighted by molar-refractivity contribution is 0.393. The van der Waals surface area contributed by atoms with E-state index in [0.717, 1.165) is 0 Å². The summed E-state index contributed by atoms with van der Waals surface area (Å²) < 4.78 is 30.4. The van der Waals surface area contributed by atoms with Gasteiger partial charge in [0.2, 0.25) is 0 Å². The first-order chi connectivity index (χ1) is 21.1. The molecular weight excluding hydrogens is 540 g/mol. The molecule has 0 aliphatic heterocycles. The normalized spacial score (nSPS) is 10.5. The first kappa shape index (κ1) is 27.1. The minimum Gasteiger partial charge on any atom is -0.457 e. The summed E-state index contributed by atoms with van der Waals surface area (Å²) in [7, 11) is 0. The highest BCUT2D eigenvalue weighted by Gasteiger charge is 2.12. The van der Waals surface area contributed by atoms with Gasteiger partial charge in [-0.25, -0.2) is 0 Å². The number of rotatable bonds is 10. The van der Waals surface area contributed by atoms with Crippen LogP contribution in [0.5, 0.6) is 57.5 Å². The van der Waals surface area contributed by atoms with Gasteiger partial charge in [0.05, 0.1) is 0 Å². The Morgan fingerprint density at radius 2 is 0.488 bits per heavy atom. The summed E-state index contributed by atoms with van der Waals surface area (Å²) in [5.74, 6) is 6.19. The third-order valence-electron chi connectivity index (χ3n) is 6.25. The smallest absolute Gasteiger partial charge is 0.170 e. The maximum absolute atomic E-state index is 6.29. The Bertz CT molecular complexity index is 1650. The molecule has 0 aliphatic rings. The van der Waals surface area contributed by atoms with Gasteiger partial charge >= 0.3 is 0 Å². The van der Waals surface area contributed by atoms with Crippen LogP contribution in [0.25, 0.3) is 0 Å². The summed E-state index contributed by atoms with van der Waals surface area (Å²) >= 11 is 0. The summed E-state index contributed by atoms with van der Waals surface area (Å²) in [6.45, 7) is 0. The summed E-state index contributed by atoms with van der Waals surface area (Å²) in [6.07, 6.45) is 0. The fourth-order valence-electron chi connectivity index (χ4n) is 4.11. The zero-order valence-corrected chi connectivity index (χ0v) is 23.1. The van der Waals surface area contributed by atoms with Crippen LogP contribution in [0, 0.1) is 0 Å². The fourth-order valence-corrected chi connectivity index (χ4v) is 4.11. The Kier molecular flexibility index (Phi) is 7.95. The van der Waals surface area contributed by atoms with Crippen molar-refractivity contribution in [2.75, 3.05) is 11.5 Å². The van der Waals surface area contributed by atoms with E-state index in [1.807, 2.05) is 121 Å². The van der Waals surface area contributed by atoms with Gasteiger partial charge in [0.25, 0.3) is 0 Å². The highest BCUT2D eigenvalue weighted by Crippen LogP contribution is 2.40. The van der Waals surface area contributed by atoms with Gasteiger partial charge in [-0.1, -0.05) is 24.3 Å². The van der Waals surface area contributed by atoms with Crippen LogP contribution < -0.4 is 35.2 Å². The van der Waals surface area contributed by atoms with E-state index >= 15 is 0 Å². The van der Waals surface area contributed by atoms with E-state index in [9.17, 15) is 0 Å². The molecule has 0 aliphatic carbocycles. The second-order valence-electron chi connectivity index (χ2n) is 9.48. The van der Waals surface area contributed by atoms with E-state index in [0.29, 0.717) is 68.9 Å². The standard InChI is InChI=1S/C36H28N2O5/c37-25-9-13-27(14-10-25)39-29-17-21-31(22-18-29)41-33-5-1-3-7-35(33)43-36-8-4-2-6-34(36)42-32-23-19-30(20-24-32)40-28-15-11-26(38)12-16-28/h1-24H,37-38H2. The maximum atomic E-state index is 6.29. The van der Waals surface area contributed by atoms with Gasteiger partial charge in [-0.15, -0.1) is 0 Å². The number of nitrogen functional groups attached to an aromatic ring is 2.